The first kappa shape index (κ1) is 22.3. The largest absolute Gasteiger partial charge is 0.466 e. The number of fused-ring (bicyclic) bond motifs is 1. The van der Waals surface area contributed by atoms with Crippen molar-refractivity contribution in [3.63, 3.8) is 0 Å². The van der Waals surface area contributed by atoms with Gasteiger partial charge in [-0.1, -0.05) is 51.1 Å². The lowest BCUT2D eigenvalue weighted by Gasteiger charge is -2.39. The molecular weight excluding hydrogens is 368 g/mol. The Bertz CT molecular complexity index is 849. The van der Waals surface area contributed by atoms with Crippen molar-refractivity contribution in [3.8, 4) is 0 Å². The molecule has 4 nitrogen and oxygen atoms in total. The molecule has 0 aliphatic heterocycles. The lowest BCUT2D eigenvalue weighted by Crippen LogP contribution is -2.42. The van der Waals surface area contributed by atoms with Gasteiger partial charge in [-0.2, -0.15) is 0 Å². The number of rotatable bonds is 7. The van der Waals surface area contributed by atoms with Crippen LogP contribution in [-0.4, -0.2) is 33.1 Å². The van der Waals surface area contributed by atoms with Gasteiger partial charge in [0.25, 0.3) is 0 Å². The van der Waals surface area contributed by atoms with Crippen molar-refractivity contribution in [1.29, 1.82) is 0 Å². The van der Waals surface area contributed by atoms with Gasteiger partial charge in [0.05, 0.1) is 13.2 Å². The molecule has 0 aromatic heterocycles. The van der Waals surface area contributed by atoms with Crippen LogP contribution in [0.25, 0.3) is 16.8 Å². The summed E-state index contributed by atoms with van der Waals surface area (Å²) in [6.07, 6.45) is 3.54. The van der Waals surface area contributed by atoms with Crippen LogP contribution in [0.15, 0.2) is 42.5 Å². The Morgan fingerprint density at radius 3 is 2.54 bits per heavy atom. The van der Waals surface area contributed by atoms with Gasteiger partial charge in [-0.15, -0.1) is 0 Å². The van der Waals surface area contributed by atoms with Crippen LogP contribution in [-0.2, 0) is 14.0 Å². The summed E-state index contributed by atoms with van der Waals surface area (Å²) in [5, 5.41) is 11.9. The fourth-order valence-electron chi connectivity index (χ4n) is 2.86. The Labute approximate surface area is 169 Å². The molecule has 0 aliphatic carbocycles. The van der Waals surface area contributed by atoms with E-state index in [1.54, 1.807) is 6.08 Å². The molecule has 0 amide bonds. The molecule has 1 unspecified atom stereocenters. The molecule has 0 radical (unpaired) electrons. The minimum Gasteiger partial charge on any atom is -0.466 e. The summed E-state index contributed by atoms with van der Waals surface area (Å²) >= 11 is 0. The van der Waals surface area contributed by atoms with E-state index in [0.29, 0.717) is 6.42 Å². The molecule has 28 heavy (non-hydrogen) atoms. The van der Waals surface area contributed by atoms with Crippen LogP contribution in [0.1, 0.15) is 44.4 Å². The summed E-state index contributed by atoms with van der Waals surface area (Å²) in [5.41, 5.74) is 1.99. The van der Waals surface area contributed by atoms with Crippen LogP contribution >= 0.6 is 0 Å². The van der Waals surface area contributed by atoms with Gasteiger partial charge in [-0.3, -0.25) is 0 Å². The fourth-order valence-corrected chi connectivity index (χ4v) is 4.17. The van der Waals surface area contributed by atoms with E-state index in [2.05, 4.69) is 56.8 Å². The van der Waals surface area contributed by atoms with Crippen molar-refractivity contribution in [3.05, 3.63) is 53.6 Å². The highest BCUT2D eigenvalue weighted by atomic mass is 28.4. The van der Waals surface area contributed by atoms with Crippen molar-refractivity contribution < 1.29 is 19.1 Å². The third kappa shape index (κ3) is 5.31. The lowest BCUT2D eigenvalue weighted by molar-refractivity contribution is -0.134. The van der Waals surface area contributed by atoms with E-state index < -0.39 is 8.32 Å². The van der Waals surface area contributed by atoms with E-state index in [9.17, 15) is 9.90 Å². The van der Waals surface area contributed by atoms with Crippen LogP contribution in [0.5, 0.6) is 0 Å². The standard InChI is InChI=1S/C23H32O4Si/c1-23(2,3)28(5,6)27-21(14-15-24)19-9-7-8-18-12-10-17(16-20(18)19)11-13-22(25)26-4/h7-13,16,21,24H,14-15H2,1-6H3/b13-11+. The molecule has 2 rings (SSSR count). The van der Waals surface area contributed by atoms with E-state index in [4.69, 9.17) is 4.43 Å². The molecule has 1 atom stereocenters. The van der Waals surface area contributed by atoms with Crippen LogP contribution in [0.2, 0.25) is 18.1 Å². The maximum absolute atomic E-state index is 11.4. The molecule has 152 valence electrons. The van der Waals surface area contributed by atoms with Crippen LogP contribution in [0, 0.1) is 0 Å². The van der Waals surface area contributed by atoms with Crippen molar-refractivity contribution in [2.75, 3.05) is 13.7 Å². The fraction of sp³-hybridized carbons (Fsp3) is 0.435. The van der Waals surface area contributed by atoms with Gasteiger partial charge in [0.15, 0.2) is 8.32 Å². The van der Waals surface area contributed by atoms with Gasteiger partial charge < -0.3 is 14.3 Å². The summed E-state index contributed by atoms with van der Waals surface area (Å²) in [6.45, 7) is 11.2. The second-order valence-electron chi connectivity index (χ2n) is 8.56. The number of carbonyl (C=O) groups is 1. The van der Waals surface area contributed by atoms with Gasteiger partial charge >= 0.3 is 5.97 Å². The molecule has 0 spiro atoms. The zero-order valence-electron chi connectivity index (χ0n) is 17.8. The molecule has 0 saturated carbocycles. The summed E-state index contributed by atoms with van der Waals surface area (Å²) in [6, 6.07) is 12.2. The van der Waals surface area contributed by atoms with E-state index in [0.717, 1.165) is 21.9 Å². The first-order valence-corrected chi connectivity index (χ1v) is 12.6. The number of ether oxygens (including phenoxy) is 1. The van der Waals surface area contributed by atoms with E-state index in [1.807, 2.05) is 18.2 Å². The van der Waals surface area contributed by atoms with E-state index >= 15 is 0 Å². The Balaban J connectivity index is 2.49. The van der Waals surface area contributed by atoms with Crippen LogP contribution in [0.4, 0.5) is 0 Å². The molecule has 0 fully saturated rings. The summed E-state index contributed by atoms with van der Waals surface area (Å²) in [7, 11) is -0.646. The normalized spacial score (nSPS) is 13.8. The Kier molecular flexibility index (Phi) is 7.20. The van der Waals surface area contributed by atoms with Crippen molar-refractivity contribution >= 4 is 31.1 Å². The number of hydrogen-bond donors (Lipinski definition) is 1. The SMILES string of the molecule is COC(=O)/C=C/c1ccc2cccc(C(CCO)O[Si](C)(C)C(C)(C)C)c2c1. The van der Waals surface area contributed by atoms with Gasteiger partial charge in [0.1, 0.15) is 0 Å². The smallest absolute Gasteiger partial charge is 0.330 e. The zero-order valence-corrected chi connectivity index (χ0v) is 18.8. The maximum Gasteiger partial charge on any atom is 0.330 e. The number of methoxy groups -OCH3 is 1. The lowest BCUT2D eigenvalue weighted by atomic mass is 9.97. The molecule has 2 aromatic carbocycles. The molecule has 5 heteroatoms. The van der Waals surface area contributed by atoms with Crippen LogP contribution in [0.3, 0.4) is 0 Å². The molecule has 0 heterocycles. The minimum atomic E-state index is -2.01. The molecule has 1 N–H and O–H groups in total. The quantitative estimate of drug-likeness (QED) is 0.380. The predicted octanol–water partition coefficient (Wildman–Crippen LogP) is 5.47. The predicted molar refractivity (Wildman–Crippen MR) is 118 cm³/mol. The van der Waals surface area contributed by atoms with E-state index in [-0.39, 0.29) is 23.7 Å². The third-order valence-corrected chi connectivity index (χ3v) is 10.0. The number of esters is 1. The van der Waals surface area contributed by atoms with Gasteiger partial charge in [0.2, 0.25) is 0 Å². The maximum atomic E-state index is 11.4. The monoisotopic (exact) mass is 400 g/mol. The number of hydrogen-bond acceptors (Lipinski definition) is 4. The average molecular weight is 401 g/mol. The number of benzene rings is 2. The third-order valence-electron chi connectivity index (χ3n) is 5.53. The highest BCUT2D eigenvalue weighted by molar-refractivity contribution is 6.74. The minimum absolute atomic E-state index is 0.0671. The van der Waals surface area contributed by atoms with Gasteiger partial charge in [0, 0.05) is 12.7 Å². The Morgan fingerprint density at radius 1 is 1.21 bits per heavy atom. The van der Waals surface area contributed by atoms with Crippen molar-refractivity contribution in [2.24, 2.45) is 0 Å². The Morgan fingerprint density at radius 2 is 1.93 bits per heavy atom. The van der Waals surface area contributed by atoms with Crippen molar-refractivity contribution in [2.45, 2.75) is 51.4 Å². The molecule has 0 aliphatic rings. The Hall–Kier alpha value is -1.95. The topological polar surface area (TPSA) is 55.8 Å². The van der Waals surface area contributed by atoms with Gasteiger partial charge in [-0.25, -0.2) is 4.79 Å². The first-order chi connectivity index (χ1) is 13.1. The highest BCUT2D eigenvalue weighted by Gasteiger charge is 2.39. The second kappa shape index (κ2) is 9.03. The number of carbonyl (C=O) groups excluding carboxylic acids is 1. The molecule has 0 saturated heterocycles. The first-order valence-electron chi connectivity index (χ1n) is 9.66. The van der Waals surface area contributed by atoms with Gasteiger partial charge in [-0.05, 0) is 58.6 Å². The summed E-state index contributed by atoms with van der Waals surface area (Å²) < 4.78 is 11.4. The second-order valence-corrected chi connectivity index (χ2v) is 13.3. The molecule has 0 bridgehead atoms. The van der Waals surface area contributed by atoms with Crippen LogP contribution < -0.4 is 0 Å². The highest BCUT2D eigenvalue weighted by Crippen LogP contribution is 2.41. The summed E-state index contributed by atoms with van der Waals surface area (Å²) in [4.78, 5) is 11.4. The molecular formula is C23H32O4Si. The number of aliphatic hydroxyl groups excluding tert-OH is 1. The average Bonchev–Trinajstić information content (AvgIpc) is 2.64. The zero-order chi connectivity index (χ0) is 20.9. The van der Waals surface area contributed by atoms with Crippen molar-refractivity contribution in [1.82, 2.24) is 0 Å². The molecule has 2 aromatic rings. The number of aliphatic hydroxyl groups is 1. The summed E-state index contributed by atoms with van der Waals surface area (Å²) in [5.74, 6) is -0.382. The van der Waals surface area contributed by atoms with E-state index in [1.165, 1.54) is 13.2 Å².